The first kappa shape index (κ1) is 24.2. The highest BCUT2D eigenvalue weighted by Gasteiger charge is 2.31. The van der Waals surface area contributed by atoms with Gasteiger partial charge in [-0.1, -0.05) is 66.7 Å². The van der Waals surface area contributed by atoms with Crippen LogP contribution in [0, 0.1) is 0 Å². The van der Waals surface area contributed by atoms with Gasteiger partial charge in [-0.25, -0.2) is 0 Å². The van der Waals surface area contributed by atoms with Crippen LogP contribution < -0.4 is 9.47 Å². The van der Waals surface area contributed by atoms with E-state index < -0.39 is 0 Å². The van der Waals surface area contributed by atoms with Gasteiger partial charge in [0.25, 0.3) is 5.91 Å². The zero-order valence-electron chi connectivity index (χ0n) is 20.5. The molecular formula is C29H29N3O3S. The second kappa shape index (κ2) is 11.0. The molecule has 0 atom stereocenters. The Kier molecular flexibility index (Phi) is 7.39. The number of amidine groups is 1. The molecule has 6 nitrogen and oxygen atoms in total. The van der Waals surface area contributed by atoms with Crippen LogP contribution in [0.1, 0.15) is 22.7 Å². The van der Waals surface area contributed by atoms with Crippen LogP contribution in [0.3, 0.4) is 0 Å². The van der Waals surface area contributed by atoms with E-state index in [1.165, 1.54) is 22.9 Å². The van der Waals surface area contributed by atoms with E-state index in [0.717, 1.165) is 36.9 Å². The lowest BCUT2D eigenvalue weighted by Gasteiger charge is -2.40. The Morgan fingerprint density at radius 2 is 1.44 bits per heavy atom. The third-order valence-electron chi connectivity index (χ3n) is 6.50. The molecule has 1 amide bonds. The van der Waals surface area contributed by atoms with Gasteiger partial charge in [0.2, 0.25) is 0 Å². The van der Waals surface area contributed by atoms with Crippen molar-refractivity contribution in [2.45, 2.75) is 6.04 Å². The van der Waals surface area contributed by atoms with Crippen LogP contribution in [0.25, 0.3) is 6.08 Å². The van der Waals surface area contributed by atoms with Gasteiger partial charge in [-0.05, 0) is 46.7 Å². The number of hydrogen-bond acceptors (Lipinski definition) is 6. The van der Waals surface area contributed by atoms with Crippen LogP contribution in [-0.4, -0.2) is 61.3 Å². The average Bonchev–Trinajstić information content (AvgIpc) is 3.30. The van der Waals surface area contributed by atoms with E-state index in [9.17, 15) is 4.79 Å². The summed E-state index contributed by atoms with van der Waals surface area (Å²) in [6.07, 6.45) is 1.86. The molecule has 0 saturated carbocycles. The Balaban J connectivity index is 1.27. The van der Waals surface area contributed by atoms with Crippen molar-refractivity contribution >= 4 is 28.9 Å². The number of hydrogen-bond donors (Lipinski definition) is 0. The minimum atomic E-state index is -0.196. The summed E-state index contributed by atoms with van der Waals surface area (Å²) in [5.74, 6) is 1.09. The molecule has 1 saturated heterocycles. The van der Waals surface area contributed by atoms with Gasteiger partial charge in [-0.2, -0.15) is 4.99 Å². The van der Waals surface area contributed by atoms with Gasteiger partial charge >= 0.3 is 0 Å². The van der Waals surface area contributed by atoms with Gasteiger partial charge in [0.05, 0.1) is 25.2 Å². The van der Waals surface area contributed by atoms with Gasteiger partial charge in [-0.15, -0.1) is 0 Å². The van der Waals surface area contributed by atoms with Crippen LogP contribution in [0.2, 0.25) is 0 Å². The van der Waals surface area contributed by atoms with E-state index in [1.807, 2.05) is 24.3 Å². The van der Waals surface area contributed by atoms with E-state index in [2.05, 4.69) is 75.5 Å². The standard InChI is InChI=1S/C29H29N3O3S/c1-34-24-14-13-21(19-25(24)35-2)20-26-28(33)30-29(36-26)32-17-15-31(16-18-32)27(22-9-5-3-6-10-22)23-11-7-4-8-12-23/h3-14,19-20,27H,15-18H2,1-2H3/b26-20+. The second-order valence-electron chi connectivity index (χ2n) is 8.67. The van der Waals surface area contributed by atoms with Crippen molar-refractivity contribution in [3.8, 4) is 11.5 Å². The summed E-state index contributed by atoms with van der Waals surface area (Å²) >= 11 is 1.44. The number of amides is 1. The number of benzene rings is 3. The molecule has 0 aromatic heterocycles. The summed E-state index contributed by atoms with van der Waals surface area (Å²) in [4.78, 5) is 22.4. The summed E-state index contributed by atoms with van der Waals surface area (Å²) in [5, 5.41) is 0.780. The van der Waals surface area contributed by atoms with Crippen molar-refractivity contribution in [3.05, 3.63) is 100 Å². The SMILES string of the molecule is COc1ccc(/C=C2/SC(N3CCN(C(c4ccccc4)c4ccccc4)CC3)=NC2=O)cc1OC. The molecule has 0 aliphatic carbocycles. The highest BCUT2D eigenvalue weighted by molar-refractivity contribution is 8.18. The normalized spacial score (nSPS) is 17.5. The molecule has 0 radical (unpaired) electrons. The molecule has 3 aromatic carbocycles. The van der Waals surface area contributed by atoms with E-state index in [4.69, 9.17) is 9.47 Å². The maximum absolute atomic E-state index is 12.7. The fraction of sp³-hybridized carbons (Fsp3) is 0.241. The summed E-state index contributed by atoms with van der Waals surface area (Å²) in [6, 6.07) is 27.1. The van der Waals surface area contributed by atoms with Crippen molar-refractivity contribution in [3.63, 3.8) is 0 Å². The number of methoxy groups -OCH3 is 2. The first-order chi connectivity index (χ1) is 17.7. The monoisotopic (exact) mass is 499 g/mol. The Hall–Kier alpha value is -3.55. The first-order valence-electron chi connectivity index (χ1n) is 12.0. The molecular weight excluding hydrogens is 470 g/mol. The van der Waals surface area contributed by atoms with Crippen molar-refractivity contribution < 1.29 is 14.3 Å². The molecule has 1 fully saturated rings. The Bertz CT molecular complexity index is 1230. The largest absolute Gasteiger partial charge is 0.493 e. The Morgan fingerprint density at radius 1 is 0.833 bits per heavy atom. The maximum Gasteiger partial charge on any atom is 0.286 e. The number of carbonyl (C=O) groups is 1. The summed E-state index contributed by atoms with van der Waals surface area (Å²) in [6.45, 7) is 3.41. The van der Waals surface area contributed by atoms with Crippen molar-refractivity contribution in [1.29, 1.82) is 0 Å². The van der Waals surface area contributed by atoms with Crippen molar-refractivity contribution in [2.75, 3.05) is 40.4 Å². The van der Waals surface area contributed by atoms with Gasteiger partial charge in [-0.3, -0.25) is 9.69 Å². The van der Waals surface area contributed by atoms with Crippen LogP contribution in [-0.2, 0) is 4.79 Å². The van der Waals surface area contributed by atoms with Gasteiger partial charge in [0, 0.05) is 26.2 Å². The molecule has 184 valence electrons. The highest BCUT2D eigenvalue weighted by atomic mass is 32.2. The molecule has 0 bridgehead atoms. The molecule has 7 heteroatoms. The van der Waals surface area contributed by atoms with Crippen molar-refractivity contribution in [1.82, 2.24) is 9.80 Å². The number of carbonyl (C=O) groups excluding carboxylic acids is 1. The smallest absolute Gasteiger partial charge is 0.286 e. The molecule has 0 unspecified atom stereocenters. The lowest BCUT2D eigenvalue weighted by atomic mass is 9.96. The molecule has 2 aliphatic heterocycles. The molecule has 0 spiro atoms. The van der Waals surface area contributed by atoms with Crippen molar-refractivity contribution in [2.24, 2.45) is 4.99 Å². The maximum atomic E-state index is 12.7. The predicted octanol–water partition coefficient (Wildman–Crippen LogP) is 5.08. The highest BCUT2D eigenvalue weighted by Crippen LogP contribution is 2.35. The van der Waals surface area contributed by atoms with Crippen LogP contribution >= 0.6 is 11.8 Å². The first-order valence-corrected chi connectivity index (χ1v) is 12.8. The zero-order chi connectivity index (χ0) is 24.9. The summed E-state index contributed by atoms with van der Waals surface area (Å²) in [5.41, 5.74) is 3.46. The third kappa shape index (κ3) is 5.17. The van der Waals surface area contributed by atoms with E-state index in [0.29, 0.717) is 16.4 Å². The fourth-order valence-electron chi connectivity index (χ4n) is 4.68. The number of nitrogens with zero attached hydrogens (tertiary/aromatic N) is 3. The second-order valence-corrected chi connectivity index (χ2v) is 9.68. The average molecular weight is 500 g/mol. The van der Waals surface area contributed by atoms with E-state index in [-0.39, 0.29) is 11.9 Å². The van der Waals surface area contributed by atoms with E-state index in [1.54, 1.807) is 14.2 Å². The van der Waals surface area contributed by atoms with E-state index >= 15 is 0 Å². The van der Waals surface area contributed by atoms with Crippen LogP contribution in [0.15, 0.2) is 88.8 Å². The number of ether oxygens (including phenoxy) is 2. The molecule has 2 aliphatic rings. The molecule has 5 rings (SSSR count). The molecule has 3 aromatic rings. The lowest BCUT2D eigenvalue weighted by molar-refractivity contribution is -0.113. The summed E-state index contributed by atoms with van der Waals surface area (Å²) in [7, 11) is 3.21. The van der Waals surface area contributed by atoms with Gasteiger partial charge in [0.15, 0.2) is 16.7 Å². The Morgan fingerprint density at radius 3 is 2.03 bits per heavy atom. The van der Waals surface area contributed by atoms with Crippen LogP contribution in [0.4, 0.5) is 0 Å². The molecule has 36 heavy (non-hydrogen) atoms. The lowest BCUT2D eigenvalue weighted by Crippen LogP contribution is -2.49. The Labute approximate surface area is 216 Å². The fourth-order valence-corrected chi connectivity index (χ4v) is 5.65. The topological polar surface area (TPSA) is 54.4 Å². The zero-order valence-corrected chi connectivity index (χ0v) is 21.3. The third-order valence-corrected chi connectivity index (χ3v) is 7.54. The van der Waals surface area contributed by atoms with Gasteiger partial charge < -0.3 is 14.4 Å². The summed E-state index contributed by atoms with van der Waals surface area (Å²) < 4.78 is 10.7. The minimum Gasteiger partial charge on any atom is -0.493 e. The number of aliphatic imine (C=N–C) groups is 1. The van der Waals surface area contributed by atoms with Gasteiger partial charge in [0.1, 0.15) is 0 Å². The number of rotatable bonds is 6. The molecule has 0 N–H and O–H groups in total. The molecule has 2 heterocycles. The minimum absolute atomic E-state index is 0.196. The number of thioether (sulfide) groups is 1. The van der Waals surface area contributed by atoms with Crippen LogP contribution in [0.5, 0.6) is 11.5 Å². The number of piperazine rings is 1. The predicted molar refractivity (Wildman–Crippen MR) is 145 cm³/mol. The quantitative estimate of drug-likeness (QED) is 0.441.